The van der Waals surface area contributed by atoms with E-state index >= 15 is 0 Å². The van der Waals surface area contributed by atoms with Gasteiger partial charge in [0.25, 0.3) is 0 Å². The summed E-state index contributed by atoms with van der Waals surface area (Å²) < 4.78 is 2.73. The number of nitrogens with zero attached hydrogens (tertiary/aromatic N) is 2. The maximum Gasteiger partial charge on any atom is 0.217 e. The summed E-state index contributed by atoms with van der Waals surface area (Å²) in [6.07, 6.45) is 23.5. The van der Waals surface area contributed by atoms with Crippen LogP contribution in [0.1, 0.15) is 108 Å². The molecule has 2 saturated carbocycles. The van der Waals surface area contributed by atoms with E-state index in [4.69, 9.17) is 0 Å². The molecule has 1 unspecified atom stereocenters. The lowest BCUT2D eigenvalue weighted by Gasteiger charge is -2.31. The van der Waals surface area contributed by atoms with E-state index in [1.54, 1.807) is 0 Å². The van der Waals surface area contributed by atoms with Gasteiger partial charge in [-0.1, -0.05) is 155 Å². The van der Waals surface area contributed by atoms with Gasteiger partial charge in [0, 0.05) is 41.1 Å². The molecule has 2 heteroatoms. The fraction of sp³-hybridized carbons (Fsp3) is 0.404. The number of allylic oxidation sites excluding steroid dienone is 4. The smallest absolute Gasteiger partial charge is 0.217 e. The Labute approximate surface area is 324 Å². The number of rotatable bonds is 11. The van der Waals surface area contributed by atoms with Crippen molar-refractivity contribution in [3.63, 3.8) is 0 Å². The van der Waals surface area contributed by atoms with Crippen molar-refractivity contribution >= 4 is 38.6 Å². The van der Waals surface area contributed by atoms with Gasteiger partial charge < -0.3 is 4.90 Å². The van der Waals surface area contributed by atoms with Gasteiger partial charge >= 0.3 is 0 Å². The molecule has 2 fully saturated rings. The van der Waals surface area contributed by atoms with Crippen molar-refractivity contribution < 1.29 is 4.58 Å². The third-order valence-corrected chi connectivity index (χ3v) is 14.0. The molecule has 0 saturated heterocycles. The average Bonchev–Trinajstić information content (AvgIpc) is 3.99. The van der Waals surface area contributed by atoms with Gasteiger partial charge in [0.15, 0.2) is 5.71 Å². The molecule has 0 bridgehead atoms. The monoisotopic (exact) mass is 711 g/mol. The maximum atomic E-state index is 2.75. The predicted octanol–water partition coefficient (Wildman–Crippen LogP) is 13.4. The summed E-state index contributed by atoms with van der Waals surface area (Å²) in [6.45, 7) is 9.58. The van der Waals surface area contributed by atoms with Crippen LogP contribution < -0.4 is 4.90 Å². The molecule has 1 atom stereocenters. The van der Waals surface area contributed by atoms with E-state index in [2.05, 4.69) is 152 Å². The topological polar surface area (TPSA) is 6.25 Å². The van der Waals surface area contributed by atoms with Crippen molar-refractivity contribution in [2.24, 2.45) is 11.8 Å². The first kappa shape index (κ1) is 35.3. The van der Waals surface area contributed by atoms with Crippen LogP contribution in [0.3, 0.4) is 0 Å². The van der Waals surface area contributed by atoms with Gasteiger partial charge in [-0.15, -0.1) is 0 Å². The van der Waals surface area contributed by atoms with Gasteiger partial charge in [0.2, 0.25) is 5.69 Å². The summed E-state index contributed by atoms with van der Waals surface area (Å²) >= 11 is 0. The highest BCUT2D eigenvalue weighted by molar-refractivity contribution is 6.07. The van der Waals surface area contributed by atoms with Gasteiger partial charge in [-0.05, 0) is 85.9 Å². The molecule has 5 aromatic carbocycles. The van der Waals surface area contributed by atoms with Crippen LogP contribution >= 0.6 is 0 Å². The fourth-order valence-electron chi connectivity index (χ4n) is 11.1. The third-order valence-electron chi connectivity index (χ3n) is 14.0. The number of hydrogen-bond donors (Lipinski definition) is 0. The van der Waals surface area contributed by atoms with Crippen LogP contribution in [0.25, 0.3) is 21.5 Å². The van der Waals surface area contributed by atoms with E-state index in [0.717, 1.165) is 31.3 Å². The first-order valence-electron chi connectivity index (χ1n) is 21.3. The van der Waals surface area contributed by atoms with E-state index in [-0.39, 0.29) is 10.8 Å². The maximum absolute atomic E-state index is 2.75. The molecule has 2 heterocycles. The molecule has 276 valence electrons. The van der Waals surface area contributed by atoms with Crippen molar-refractivity contribution in [1.82, 2.24) is 0 Å². The molecule has 2 aliphatic heterocycles. The second-order valence-corrected chi connectivity index (χ2v) is 17.8. The predicted molar refractivity (Wildman–Crippen MR) is 231 cm³/mol. The largest absolute Gasteiger partial charge is 0.343 e. The van der Waals surface area contributed by atoms with E-state index in [1.807, 2.05) is 0 Å². The molecule has 0 radical (unpaired) electrons. The highest BCUT2D eigenvalue weighted by Gasteiger charge is 2.46. The lowest BCUT2D eigenvalue weighted by molar-refractivity contribution is -0.438. The summed E-state index contributed by atoms with van der Waals surface area (Å²) in [4.78, 5) is 2.75. The third kappa shape index (κ3) is 6.34. The molecule has 54 heavy (non-hydrogen) atoms. The zero-order chi connectivity index (χ0) is 36.7. The van der Waals surface area contributed by atoms with Crippen molar-refractivity contribution in [3.05, 3.63) is 144 Å². The van der Waals surface area contributed by atoms with Crippen LogP contribution in [0.15, 0.2) is 127 Å². The molecule has 0 aromatic heterocycles. The molecule has 5 aromatic rings. The van der Waals surface area contributed by atoms with Crippen LogP contribution in [0.5, 0.6) is 0 Å². The molecule has 0 amide bonds. The molecule has 0 spiro atoms. The van der Waals surface area contributed by atoms with Crippen molar-refractivity contribution in [2.45, 2.75) is 109 Å². The Kier molecular flexibility index (Phi) is 9.58. The van der Waals surface area contributed by atoms with Gasteiger partial charge in [0.05, 0.1) is 16.5 Å². The molecule has 4 aliphatic rings. The van der Waals surface area contributed by atoms with E-state index < -0.39 is 0 Å². The molecular formula is C52H59N2+. The summed E-state index contributed by atoms with van der Waals surface area (Å²) in [5.74, 6) is 1.75. The molecular weight excluding hydrogens is 653 g/mol. The lowest BCUT2D eigenvalue weighted by atomic mass is 9.76. The highest BCUT2D eigenvalue weighted by Crippen LogP contribution is 2.53. The normalized spacial score (nSPS) is 22.1. The van der Waals surface area contributed by atoms with E-state index in [0.29, 0.717) is 0 Å². The van der Waals surface area contributed by atoms with Crippen LogP contribution in [0, 0.1) is 11.8 Å². The first-order chi connectivity index (χ1) is 26.4. The highest BCUT2D eigenvalue weighted by atomic mass is 15.2. The number of benzene rings is 5. The van der Waals surface area contributed by atoms with Crippen molar-refractivity contribution in [2.75, 3.05) is 18.0 Å². The van der Waals surface area contributed by atoms with Crippen molar-refractivity contribution in [1.29, 1.82) is 0 Å². The van der Waals surface area contributed by atoms with E-state index in [1.165, 1.54) is 132 Å². The minimum Gasteiger partial charge on any atom is -0.343 e. The standard InChI is InChI=1S/C52H59N2/c1-51(2)45-32-30-41-24-11-13-26-43(41)49(45)54(36-34-39-19-9-10-20-39)47(51)28-15-29-48-52(3,37-40-21-5-4-6-22-40)46-33-31-42-25-12-14-27-44(42)50(46)53(48)35-16-23-38-17-7-8-18-38/h4-6,11-15,21-22,24-33,38-39H,7-10,16-20,23,34-37H2,1-3H3/q+1. The average molecular weight is 712 g/mol. The Bertz CT molecular complexity index is 2240. The number of anilines is 1. The van der Waals surface area contributed by atoms with Crippen molar-refractivity contribution in [3.8, 4) is 0 Å². The van der Waals surface area contributed by atoms with Crippen LogP contribution in [0.4, 0.5) is 11.4 Å². The van der Waals surface area contributed by atoms with Gasteiger partial charge in [-0.2, -0.15) is 4.58 Å². The van der Waals surface area contributed by atoms with Gasteiger partial charge in [-0.3, -0.25) is 0 Å². The van der Waals surface area contributed by atoms with Gasteiger partial charge in [0.1, 0.15) is 6.54 Å². The van der Waals surface area contributed by atoms with E-state index in [9.17, 15) is 0 Å². The molecule has 9 rings (SSSR count). The molecule has 2 aliphatic carbocycles. The Balaban J connectivity index is 1.17. The fourth-order valence-corrected chi connectivity index (χ4v) is 11.1. The first-order valence-corrected chi connectivity index (χ1v) is 21.3. The zero-order valence-corrected chi connectivity index (χ0v) is 33.0. The van der Waals surface area contributed by atoms with Gasteiger partial charge in [-0.25, -0.2) is 0 Å². The zero-order valence-electron chi connectivity index (χ0n) is 33.0. The SMILES string of the molecule is CC1(C)C(/C=C/C=C2/N(CCCC3CCCC3)c3c(ccc4ccccc34)C2(C)Cc2ccccc2)=[N+](CCC2CCCC2)c2c1ccc1ccccc21. The van der Waals surface area contributed by atoms with Crippen LogP contribution in [-0.2, 0) is 17.3 Å². The summed E-state index contributed by atoms with van der Waals surface area (Å²) in [7, 11) is 0. The van der Waals surface area contributed by atoms with Crippen LogP contribution in [0.2, 0.25) is 0 Å². The quantitative estimate of drug-likeness (QED) is 0.124. The second kappa shape index (κ2) is 14.7. The Morgan fingerprint density at radius 2 is 1.28 bits per heavy atom. The molecule has 2 nitrogen and oxygen atoms in total. The van der Waals surface area contributed by atoms with Crippen LogP contribution in [-0.4, -0.2) is 23.4 Å². The summed E-state index contributed by atoms with van der Waals surface area (Å²) in [5.41, 5.74) is 9.82. The lowest BCUT2D eigenvalue weighted by Crippen LogP contribution is -2.31. The molecule has 0 N–H and O–H groups in total. The summed E-state index contributed by atoms with van der Waals surface area (Å²) in [6, 6.07) is 38.9. The Morgan fingerprint density at radius 3 is 2.00 bits per heavy atom. The minimum atomic E-state index is -0.157. The summed E-state index contributed by atoms with van der Waals surface area (Å²) in [5, 5.41) is 5.45. The Morgan fingerprint density at radius 1 is 0.667 bits per heavy atom. The minimum absolute atomic E-state index is 0.0901. The Hall–Kier alpha value is -4.43. The number of fused-ring (bicyclic) bond motifs is 6. The second-order valence-electron chi connectivity index (χ2n) is 17.8. The number of hydrogen-bond acceptors (Lipinski definition) is 1.